The van der Waals surface area contributed by atoms with Gasteiger partial charge in [-0.25, -0.2) is 0 Å². The van der Waals surface area contributed by atoms with E-state index in [0.29, 0.717) is 0 Å². The molecular formula is C16H20O5. The van der Waals surface area contributed by atoms with E-state index in [1.54, 1.807) is 19.9 Å². The fourth-order valence-corrected chi connectivity index (χ4v) is 2.74. The molecule has 5 heteroatoms. The maximum Gasteiger partial charge on any atom is 0.324 e. The first-order chi connectivity index (χ1) is 10.1. The van der Waals surface area contributed by atoms with Gasteiger partial charge in [0.2, 0.25) is 0 Å². The van der Waals surface area contributed by atoms with Crippen LogP contribution in [-0.4, -0.2) is 30.3 Å². The standard InChI is InChI=1S/C16H20O5/c1-3-20-14(18)16(15(19)21-4-2)8-12-6-5-11(10-17)7-13(12)9-16/h5-7,17H,3-4,8-10H2,1-2H3. The van der Waals surface area contributed by atoms with E-state index < -0.39 is 17.4 Å². The molecule has 0 saturated heterocycles. The fraction of sp³-hybridized carbons (Fsp3) is 0.500. The second kappa shape index (κ2) is 6.26. The lowest BCUT2D eigenvalue weighted by atomic mass is 9.84. The lowest BCUT2D eigenvalue weighted by molar-refractivity contribution is -0.171. The van der Waals surface area contributed by atoms with Gasteiger partial charge in [0, 0.05) is 0 Å². The third-order valence-corrected chi connectivity index (χ3v) is 3.77. The number of fused-ring (bicyclic) bond motifs is 1. The number of rotatable bonds is 5. The van der Waals surface area contributed by atoms with E-state index in [2.05, 4.69) is 0 Å². The maximum absolute atomic E-state index is 12.3. The van der Waals surface area contributed by atoms with Crippen LogP contribution in [0.1, 0.15) is 30.5 Å². The molecule has 0 heterocycles. The smallest absolute Gasteiger partial charge is 0.324 e. The number of hydrogen-bond acceptors (Lipinski definition) is 5. The van der Waals surface area contributed by atoms with Crippen LogP contribution in [0.4, 0.5) is 0 Å². The lowest BCUT2D eigenvalue weighted by Crippen LogP contribution is -2.43. The van der Waals surface area contributed by atoms with Gasteiger partial charge in [0.1, 0.15) is 0 Å². The monoisotopic (exact) mass is 292 g/mol. The Labute approximate surface area is 123 Å². The molecule has 1 aliphatic carbocycles. The Kier molecular flexibility index (Phi) is 4.63. The van der Waals surface area contributed by atoms with Crippen molar-refractivity contribution in [3.05, 3.63) is 34.9 Å². The highest BCUT2D eigenvalue weighted by molar-refractivity contribution is 6.01. The van der Waals surface area contributed by atoms with E-state index in [-0.39, 0.29) is 32.7 Å². The van der Waals surface area contributed by atoms with Crippen molar-refractivity contribution in [2.24, 2.45) is 5.41 Å². The van der Waals surface area contributed by atoms with Crippen molar-refractivity contribution in [2.45, 2.75) is 33.3 Å². The average molecular weight is 292 g/mol. The summed E-state index contributed by atoms with van der Waals surface area (Å²) in [6, 6.07) is 5.47. The third kappa shape index (κ3) is 2.78. The van der Waals surface area contributed by atoms with Crippen LogP contribution in [0.5, 0.6) is 0 Å². The Bertz CT molecular complexity index is 532. The Morgan fingerprint density at radius 1 is 1.10 bits per heavy atom. The van der Waals surface area contributed by atoms with Crippen molar-refractivity contribution in [2.75, 3.05) is 13.2 Å². The molecule has 1 N–H and O–H groups in total. The van der Waals surface area contributed by atoms with Gasteiger partial charge >= 0.3 is 11.9 Å². The van der Waals surface area contributed by atoms with Crippen molar-refractivity contribution in [3.8, 4) is 0 Å². The number of hydrogen-bond donors (Lipinski definition) is 1. The summed E-state index contributed by atoms with van der Waals surface area (Å²) >= 11 is 0. The van der Waals surface area contributed by atoms with Gasteiger partial charge in [-0.1, -0.05) is 18.2 Å². The van der Waals surface area contributed by atoms with Gasteiger partial charge in [-0.3, -0.25) is 9.59 Å². The van der Waals surface area contributed by atoms with Gasteiger partial charge in [0.05, 0.1) is 19.8 Å². The van der Waals surface area contributed by atoms with Crippen molar-refractivity contribution in [3.63, 3.8) is 0 Å². The summed E-state index contributed by atoms with van der Waals surface area (Å²) in [5.74, 6) is -1.07. The minimum atomic E-state index is -1.29. The maximum atomic E-state index is 12.3. The second-order valence-corrected chi connectivity index (χ2v) is 5.14. The number of carbonyl (C=O) groups is 2. The molecule has 0 saturated carbocycles. The zero-order valence-electron chi connectivity index (χ0n) is 12.3. The molecule has 1 aromatic carbocycles. The molecule has 114 valence electrons. The Hall–Kier alpha value is -1.88. The summed E-state index contributed by atoms with van der Waals surface area (Å²) in [5, 5.41) is 9.20. The largest absolute Gasteiger partial charge is 0.465 e. The summed E-state index contributed by atoms with van der Waals surface area (Å²) < 4.78 is 10.2. The molecule has 5 nitrogen and oxygen atoms in total. The van der Waals surface area contributed by atoms with Crippen molar-refractivity contribution in [1.29, 1.82) is 0 Å². The minimum absolute atomic E-state index is 0.0703. The lowest BCUT2D eigenvalue weighted by Gasteiger charge is -2.23. The van der Waals surface area contributed by atoms with Crippen LogP contribution in [0.15, 0.2) is 18.2 Å². The quantitative estimate of drug-likeness (QED) is 0.656. The number of benzene rings is 1. The van der Waals surface area contributed by atoms with Crippen LogP contribution in [0.25, 0.3) is 0 Å². The van der Waals surface area contributed by atoms with Crippen LogP contribution in [0, 0.1) is 5.41 Å². The highest BCUT2D eigenvalue weighted by Crippen LogP contribution is 2.39. The number of aliphatic hydroxyl groups is 1. The Morgan fingerprint density at radius 3 is 2.19 bits per heavy atom. The normalized spacial score (nSPS) is 15.4. The molecular weight excluding hydrogens is 272 g/mol. The molecule has 0 radical (unpaired) electrons. The first-order valence-electron chi connectivity index (χ1n) is 7.13. The molecule has 0 amide bonds. The molecule has 0 spiro atoms. The zero-order chi connectivity index (χ0) is 15.5. The van der Waals surface area contributed by atoms with Crippen LogP contribution in [-0.2, 0) is 38.5 Å². The fourth-order valence-electron chi connectivity index (χ4n) is 2.74. The van der Waals surface area contributed by atoms with Gasteiger partial charge in [0.15, 0.2) is 5.41 Å². The predicted octanol–water partition coefficient (Wildman–Crippen LogP) is 1.39. The summed E-state index contributed by atoms with van der Waals surface area (Å²) in [6.07, 6.45) is 0.541. The van der Waals surface area contributed by atoms with Crippen LogP contribution in [0.2, 0.25) is 0 Å². The minimum Gasteiger partial charge on any atom is -0.465 e. The van der Waals surface area contributed by atoms with Gasteiger partial charge in [-0.15, -0.1) is 0 Å². The van der Waals surface area contributed by atoms with Crippen LogP contribution < -0.4 is 0 Å². The van der Waals surface area contributed by atoms with Gasteiger partial charge in [0.25, 0.3) is 0 Å². The van der Waals surface area contributed by atoms with E-state index in [1.165, 1.54) is 0 Å². The Balaban J connectivity index is 2.36. The van der Waals surface area contributed by atoms with Crippen LogP contribution >= 0.6 is 0 Å². The molecule has 1 aromatic rings. The summed E-state index contributed by atoms with van der Waals surface area (Å²) in [7, 11) is 0. The molecule has 21 heavy (non-hydrogen) atoms. The van der Waals surface area contributed by atoms with E-state index in [9.17, 15) is 14.7 Å². The molecule has 0 atom stereocenters. The van der Waals surface area contributed by atoms with E-state index in [4.69, 9.17) is 9.47 Å². The molecule has 2 rings (SSSR count). The summed E-state index contributed by atoms with van der Waals surface area (Å²) in [6.45, 7) is 3.79. The van der Waals surface area contributed by atoms with Crippen molar-refractivity contribution < 1.29 is 24.2 Å². The number of carbonyl (C=O) groups excluding carboxylic acids is 2. The van der Waals surface area contributed by atoms with E-state index in [0.717, 1.165) is 16.7 Å². The summed E-state index contributed by atoms with van der Waals surface area (Å²) in [4.78, 5) is 24.7. The van der Waals surface area contributed by atoms with Crippen LogP contribution in [0.3, 0.4) is 0 Å². The van der Waals surface area contributed by atoms with Crippen molar-refractivity contribution in [1.82, 2.24) is 0 Å². The average Bonchev–Trinajstić information content (AvgIpc) is 2.87. The topological polar surface area (TPSA) is 72.8 Å². The van der Waals surface area contributed by atoms with E-state index >= 15 is 0 Å². The first-order valence-corrected chi connectivity index (χ1v) is 7.13. The highest BCUT2D eigenvalue weighted by Gasteiger charge is 2.52. The molecule has 0 unspecified atom stereocenters. The zero-order valence-corrected chi connectivity index (χ0v) is 12.3. The molecule has 0 aliphatic heterocycles. The highest BCUT2D eigenvalue weighted by atomic mass is 16.6. The summed E-state index contributed by atoms with van der Waals surface area (Å²) in [5.41, 5.74) is 1.29. The molecule has 0 bridgehead atoms. The number of ether oxygens (including phenoxy) is 2. The number of aliphatic hydroxyl groups excluding tert-OH is 1. The SMILES string of the molecule is CCOC(=O)C1(C(=O)OCC)Cc2ccc(CO)cc2C1. The van der Waals surface area contributed by atoms with E-state index in [1.807, 2.05) is 12.1 Å². The molecule has 0 fully saturated rings. The predicted molar refractivity (Wildman–Crippen MR) is 75.5 cm³/mol. The molecule has 0 aromatic heterocycles. The van der Waals surface area contributed by atoms with Crippen molar-refractivity contribution >= 4 is 11.9 Å². The Morgan fingerprint density at radius 2 is 1.67 bits per heavy atom. The van der Waals surface area contributed by atoms with Gasteiger partial charge < -0.3 is 14.6 Å². The van der Waals surface area contributed by atoms with Gasteiger partial charge in [-0.2, -0.15) is 0 Å². The third-order valence-electron chi connectivity index (χ3n) is 3.77. The number of esters is 2. The second-order valence-electron chi connectivity index (χ2n) is 5.14. The van der Waals surface area contributed by atoms with Gasteiger partial charge in [-0.05, 0) is 43.4 Å². The first kappa shape index (κ1) is 15.5. The molecule has 1 aliphatic rings.